The van der Waals surface area contributed by atoms with Crippen LogP contribution in [0.4, 0.5) is 10.6 Å². The minimum atomic E-state index is -4.71. The highest BCUT2D eigenvalue weighted by molar-refractivity contribution is 7.48. The Kier molecular flexibility index (Phi) is 7.83. The van der Waals surface area contributed by atoms with Crippen LogP contribution in [0.1, 0.15) is 19.5 Å². The largest absolute Gasteiger partial charge is 0.567 e. The Hall–Kier alpha value is -3.77. The van der Waals surface area contributed by atoms with Crippen molar-refractivity contribution in [2.75, 3.05) is 12.3 Å². The molecule has 1 saturated heterocycles. The SMILES string of the molecule is CC(C)OC(=O)OOP(=O)(OC[C@H]1O[C@@](C#N)(c2ccc3c(N)ncnn23)[C@H](O)[C@@H]1O)Oc1ccccc1. The van der Waals surface area contributed by atoms with E-state index in [2.05, 4.69) is 19.6 Å². The van der Waals surface area contributed by atoms with Crippen LogP contribution in [-0.4, -0.2) is 62.0 Å². The molecule has 0 saturated carbocycles. The van der Waals surface area contributed by atoms with Gasteiger partial charge in [0.15, 0.2) is 5.82 Å². The first-order chi connectivity index (χ1) is 18.1. The van der Waals surface area contributed by atoms with E-state index < -0.39 is 50.6 Å². The summed E-state index contributed by atoms with van der Waals surface area (Å²) in [6.07, 6.45) is -5.63. The van der Waals surface area contributed by atoms with Gasteiger partial charge in [0.1, 0.15) is 42.0 Å². The van der Waals surface area contributed by atoms with Crippen LogP contribution >= 0.6 is 7.82 Å². The second-order valence-corrected chi connectivity index (χ2v) is 9.81. The number of nitrogen functional groups attached to an aromatic ring is 1. The number of nitrogens with zero attached hydrogens (tertiary/aromatic N) is 4. The molecular weight excluding hydrogens is 525 g/mol. The maximum Gasteiger partial charge on any atom is 0.567 e. The van der Waals surface area contributed by atoms with Gasteiger partial charge in [0.2, 0.25) is 5.60 Å². The van der Waals surface area contributed by atoms with Crippen LogP contribution in [-0.2, 0) is 33.7 Å². The highest BCUT2D eigenvalue weighted by atomic mass is 31.2. The Bertz CT molecular complexity index is 1380. The number of nitrogens with two attached hydrogens (primary N) is 1. The Morgan fingerprint density at radius 2 is 2.03 bits per heavy atom. The molecule has 5 atom stereocenters. The molecule has 4 rings (SSSR count). The number of rotatable bonds is 9. The van der Waals surface area contributed by atoms with E-state index >= 15 is 0 Å². The van der Waals surface area contributed by atoms with Crippen molar-refractivity contribution in [3.8, 4) is 11.8 Å². The smallest absolute Gasteiger partial charge is 0.430 e. The molecule has 1 unspecified atom stereocenters. The molecule has 3 heterocycles. The molecule has 1 aromatic carbocycles. The van der Waals surface area contributed by atoms with Gasteiger partial charge in [-0.25, -0.2) is 23.7 Å². The number of hydrogen-bond donors (Lipinski definition) is 3. The molecule has 1 fully saturated rings. The molecule has 202 valence electrons. The molecule has 1 aliphatic rings. The van der Waals surface area contributed by atoms with E-state index in [0.29, 0.717) is 5.52 Å². The zero-order valence-corrected chi connectivity index (χ0v) is 21.0. The first kappa shape index (κ1) is 27.3. The average Bonchev–Trinajstić information content (AvgIpc) is 3.43. The fourth-order valence-corrected chi connectivity index (χ4v) is 4.66. The van der Waals surface area contributed by atoms with Gasteiger partial charge in [0.05, 0.1) is 18.4 Å². The summed E-state index contributed by atoms with van der Waals surface area (Å²) in [7, 11) is -4.71. The molecule has 15 nitrogen and oxygen atoms in total. The summed E-state index contributed by atoms with van der Waals surface area (Å²) >= 11 is 0. The van der Waals surface area contributed by atoms with Crippen LogP contribution in [0.5, 0.6) is 5.75 Å². The number of ether oxygens (including phenoxy) is 2. The van der Waals surface area contributed by atoms with Gasteiger partial charge in [-0.3, -0.25) is 4.52 Å². The van der Waals surface area contributed by atoms with Gasteiger partial charge < -0.3 is 29.9 Å². The summed E-state index contributed by atoms with van der Waals surface area (Å²) in [5.74, 6) is 0.146. The van der Waals surface area contributed by atoms with E-state index in [0.717, 1.165) is 6.33 Å². The Labute approximate surface area is 215 Å². The maximum atomic E-state index is 13.3. The molecule has 3 aromatic rings. The van der Waals surface area contributed by atoms with Gasteiger partial charge >= 0.3 is 14.0 Å². The predicted molar refractivity (Wildman–Crippen MR) is 126 cm³/mol. The lowest BCUT2D eigenvalue weighted by Gasteiger charge is -2.24. The lowest BCUT2D eigenvalue weighted by molar-refractivity contribution is -0.190. The second kappa shape index (κ2) is 10.9. The maximum absolute atomic E-state index is 13.3. The number of nitriles is 1. The van der Waals surface area contributed by atoms with Gasteiger partial charge in [-0.2, -0.15) is 10.4 Å². The zero-order chi connectivity index (χ0) is 27.5. The van der Waals surface area contributed by atoms with Gasteiger partial charge in [-0.15, -0.1) is 0 Å². The van der Waals surface area contributed by atoms with E-state index in [9.17, 15) is 24.8 Å². The van der Waals surface area contributed by atoms with Crippen LogP contribution in [0.2, 0.25) is 0 Å². The van der Waals surface area contributed by atoms with E-state index in [1.165, 1.54) is 28.8 Å². The topological polar surface area (TPSA) is 210 Å². The number of fused-ring (bicyclic) bond motifs is 1. The van der Waals surface area contributed by atoms with Crippen molar-refractivity contribution in [1.29, 1.82) is 5.26 Å². The number of carbonyl (C=O) groups is 1. The van der Waals surface area contributed by atoms with Crippen molar-refractivity contribution in [3.63, 3.8) is 0 Å². The average molecular weight is 549 g/mol. The minimum Gasteiger partial charge on any atom is -0.430 e. The van der Waals surface area contributed by atoms with Gasteiger partial charge in [-0.05, 0) is 38.1 Å². The standard InChI is InChI=1S/C22H24N5O10P/c1-13(2)33-21(30)35-37-38(31,36-14-6-4-3-5-7-14)32-10-16-18(28)19(29)22(11-23,34-16)17-9-8-15-20(24)25-12-26-27(15)17/h3-9,12-13,16,18-19,28-29H,10H2,1-2H3,(H2,24,25,26)/t16-,18-,19-,22+,38?/m1/s1. The third kappa shape index (κ3) is 5.41. The summed E-state index contributed by atoms with van der Waals surface area (Å²) in [6, 6.07) is 12.5. The number of hydrogen-bond acceptors (Lipinski definition) is 14. The van der Waals surface area contributed by atoms with Gasteiger partial charge in [-0.1, -0.05) is 22.9 Å². The summed E-state index contributed by atoms with van der Waals surface area (Å²) in [4.78, 5) is 20.0. The van der Waals surface area contributed by atoms with Gasteiger partial charge in [0, 0.05) is 0 Å². The number of aliphatic hydroxyl groups is 2. The molecule has 0 spiro atoms. The van der Waals surface area contributed by atoms with E-state index in [-0.39, 0.29) is 17.3 Å². The second-order valence-electron chi connectivity index (χ2n) is 8.32. The first-order valence-electron chi connectivity index (χ1n) is 11.2. The normalized spacial score (nSPS) is 24.6. The van der Waals surface area contributed by atoms with Crippen molar-refractivity contribution in [2.45, 2.75) is 43.9 Å². The molecule has 38 heavy (non-hydrogen) atoms. The minimum absolute atomic E-state index is 0.0351. The number of aliphatic hydroxyl groups excluding tert-OH is 2. The van der Waals surface area contributed by atoms with Crippen LogP contribution in [0.3, 0.4) is 0 Å². The van der Waals surface area contributed by atoms with Crippen molar-refractivity contribution < 1.29 is 47.7 Å². The summed E-state index contributed by atoms with van der Waals surface area (Å²) in [6.45, 7) is 2.38. The fraction of sp³-hybridized carbons (Fsp3) is 0.364. The molecule has 0 aliphatic carbocycles. The number of aromatic nitrogens is 3. The quantitative estimate of drug-likeness (QED) is 0.151. The number of benzene rings is 1. The molecule has 0 radical (unpaired) electrons. The molecule has 1 aliphatic heterocycles. The lowest BCUT2D eigenvalue weighted by atomic mass is 9.92. The monoisotopic (exact) mass is 549 g/mol. The van der Waals surface area contributed by atoms with Crippen LogP contribution in [0.15, 0.2) is 48.8 Å². The van der Waals surface area contributed by atoms with Gasteiger partial charge in [0.25, 0.3) is 0 Å². The lowest BCUT2D eigenvalue weighted by Crippen LogP contribution is -2.41. The van der Waals surface area contributed by atoms with E-state index in [1.807, 2.05) is 6.07 Å². The summed E-state index contributed by atoms with van der Waals surface area (Å²) in [5.41, 5.74) is 4.11. The molecule has 0 bridgehead atoms. The predicted octanol–water partition coefficient (Wildman–Crippen LogP) is 1.85. The van der Waals surface area contributed by atoms with E-state index in [4.69, 9.17) is 24.3 Å². The molecular formula is C22H24N5O10P. The fourth-order valence-electron chi connectivity index (χ4n) is 3.68. The number of carbonyl (C=O) groups excluding carboxylic acids is 1. The van der Waals surface area contributed by atoms with Crippen molar-refractivity contribution >= 4 is 25.3 Å². The first-order valence-corrected chi connectivity index (χ1v) is 12.6. The van der Waals surface area contributed by atoms with Crippen molar-refractivity contribution in [3.05, 3.63) is 54.5 Å². The molecule has 4 N–H and O–H groups in total. The zero-order valence-electron chi connectivity index (χ0n) is 20.1. The molecule has 16 heteroatoms. The van der Waals surface area contributed by atoms with Crippen molar-refractivity contribution in [2.24, 2.45) is 0 Å². The Morgan fingerprint density at radius 1 is 1.29 bits per heavy atom. The van der Waals surface area contributed by atoms with E-state index in [1.54, 1.807) is 32.0 Å². The Balaban J connectivity index is 1.55. The number of phosphoric ester groups is 1. The number of anilines is 1. The third-order valence-electron chi connectivity index (χ3n) is 5.37. The highest BCUT2D eigenvalue weighted by Crippen LogP contribution is 2.51. The number of para-hydroxylation sites is 1. The summed E-state index contributed by atoms with van der Waals surface area (Å²) in [5, 5.41) is 35.6. The van der Waals surface area contributed by atoms with Crippen LogP contribution in [0, 0.1) is 11.3 Å². The highest BCUT2D eigenvalue weighted by Gasteiger charge is 2.58. The summed E-state index contributed by atoms with van der Waals surface area (Å²) < 4.78 is 40.3. The number of phosphoric acid groups is 1. The van der Waals surface area contributed by atoms with Crippen LogP contribution in [0.25, 0.3) is 5.52 Å². The molecule has 0 amide bonds. The molecule has 2 aromatic heterocycles. The van der Waals surface area contributed by atoms with Crippen LogP contribution < -0.4 is 10.3 Å². The Morgan fingerprint density at radius 3 is 2.71 bits per heavy atom. The van der Waals surface area contributed by atoms with Crippen molar-refractivity contribution in [1.82, 2.24) is 14.6 Å². The third-order valence-corrected chi connectivity index (χ3v) is 6.53.